The maximum atomic E-state index is 12.8. The molecule has 4 nitrogen and oxygen atoms in total. The molecule has 0 aliphatic carbocycles. The first-order chi connectivity index (χ1) is 13.3. The van der Waals surface area contributed by atoms with Gasteiger partial charge in [-0.05, 0) is 35.2 Å². The second-order valence-corrected chi connectivity index (χ2v) is 6.86. The summed E-state index contributed by atoms with van der Waals surface area (Å²) < 4.78 is 38.4. The number of alkyl halides is 3. The topological polar surface area (TPSA) is 49.4 Å². The van der Waals surface area contributed by atoms with E-state index < -0.39 is 11.7 Å². The van der Waals surface area contributed by atoms with E-state index in [9.17, 15) is 22.8 Å². The Morgan fingerprint density at radius 2 is 1.89 bits per heavy atom. The second-order valence-electron chi connectivity index (χ2n) is 6.86. The molecule has 28 heavy (non-hydrogen) atoms. The maximum Gasteiger partial charge on any atom is 0.416 e. The first-order valence-corrected chi connectivity index (χ1v) is 9.03. The summed E-state index contributed by atoms with van der Waals surface area (Å²) >= 11 is 0. The van der Waals surface area contributed by atoms with E-state index in [1.165, 1.54) is 19.1 Å². The highest BCUT2D eigenvalue weighted by molar-refractivity contribution is 5.79. The van der Waals surface area contributed by atoms with E-state index in [0.29, 0.717) is 12.1 Å². The van der Waals surface area contributed by atoms with Gasteiger partial charge in [0, 0.05) is 20.0 Å². The van der Waals surface area contributed by atoms with Gasteiger partial charge in [-0.15, -0.1) is 0 Å². The second kappa shape index (κ2) is 8.04. The third kappa shape index (κ3) is 4.52. The zero-order valence-electron chi connectivity index (χ0n) is 15.4. The van der Waals surface area contributed by atoms with Crippen LogP contribution in [0.1, 0.15) is 41.6 Å². The normalized spacial score (nSPS) is 16.4. The number of halogens is 3. The molecular formula is C21H21F3N2O2. The van der Waals surface area contributed by atoms with Crippen molar-refractivity contribution in [1.82, 2.24) is 10.2 Å². The maximum absolute atomic E-state index is 12.8. The zero-order chi connectivity index (χ0) is 20.3. The van der Waals surface area contributed by atoms with Crippen LogP contribution in [0, 0.1) is 0 Å². The molecule has 1 N–H and O–H groups in total. The number of rotatable bonds is 4. The molecule has 0 fully saturated rings. The Balaban J connectivity index is 1.69. The first kappa shape index (κ1) is 19.9. The SMILES string of the molecule is CC(=O)N1CCc2ccccc2C1CC(=O)NCc1cccc(C(F)(F)F)c1. The lowest BCUT2D eigenvalue weighted by Crippen LogP contribution is -2.41. The molecule has 0 aromatic heterocycles. The molecule has 0 spiro atoms. The van der Waals surface area contributed by atoms with Gasteiger partial charge in [-0.2, -0.15) is 13.2 Å². The van der Waals surface area contributed by atoms with Gasteiger partial charge in [0.15, 0.2) is 0 Å². The van der Waals surface area contributed by atoms with E-state index in [0.717, 1.165) is 29.7 Å². The fraction of sp³-hybridized carbons (Fsp3) is 0.333. The molecule has 0 saturated carbocycles. The molecule has 1 heterocycles. The predicted molar refractivity (Wildman–Crippen MR) is 98.2 cm³/mol. The monoisotopic (exact) mass is 390 g/mol. The Labute approximate surface area is 161 Å². The summed E-state index contributed by atoms with van der Waals surface area (Å²) in [5.41, 5.74) is 1.67. The van der Waals surface area contributed by atoms with E-state index >= 15 is 0 Å². The van der Waals surface area contributed by atoms with E-state index in [-0.39, 0.29) is 30.8 Å². The van der Waals surface area contributed by atoms with Crippen molar-refractivity contribution in [3.8, 4) is 0 Å². The van der Waals surface area contributed by atoms with Crippen molar-refractivity contribution in [1.29, 1.82) is 0 Å². The predicted octanol–water partition coefficient (Wildman–Crippen LogP) is 3.86. The lowest BCUT2D eigenvalue weighted by atomic mass is 9.90. The molecule has 148 valence electrons. The molecule has 1 atom stereocenters. The van der Waals surface area contributed by atoms with E-state index in [2.05, 4.69) is 5.32 Å². The average Bonchev–Trinajstić information content (AvgIpc) is 2.66. The Kier molecular flexibility index (Phi) is 5.72. The third-order valence-corrected chi connectivity index (χ3v) is 4.94. The van der Waals surface area contributed by atoms with Crippen molar-refractivity contribution in [3.63, 3.8) is 0 Å². The first-order valence-electron chi connectivity index (χ1n) is 9.03. The van der Waals surface area contributed by atoms with Gasteiger partial charge in [0.2, 0.25) is 11.8 Å². The Bertz CT molecular complexity index is 880. The van der Waals surface area contributed by atoms with Crippen LogP contribution in [-0.4, -0.2) is 23.3 Å². The van der Waals surface area contributed by atoms with Crippen LogP contribution in [0.25, 0.3) is 0 Å². The van der Waals surface area contributed by atoms with E-state index in [4.69, 9.17) is 0 Å². The van der Waals surface area contributed by atoms with Crippen LogP contribution in [0.5, 0.6) is 0 Å². The van der Waals surface area contributed by atoms with Crippen molar-refractivity contribution in [2.45, 2.75) is 38.5 Å². The molecular weight excluding hydrogens is 369 g/mol. The number of hydrogen-bond acceptors (Lipinski definition) is 2. The molecule has 0 saturated heterocycles. The van der Waals surface area contributed by atoms with Crippen molar-refractivity contribution < 1.29 is 22.8 Å². The number of amides is 2. The minimum absolute atomic E-state index is 0.00279. The quantitative estimate of drug-likeness (QED) is 0.862. The van der Waals surface area contributed by atoms with Crippen LogP contribution in [0.2, 0.25) is 0 Å². The third-order valence-electron chi connectivity index (χ3n) is 4.94. The number of benzene rings is 2. The average molecular weight is 390 g/mol. The molecule has 7 heteroatoms. The fourth-order valence-electron chi connectivity index (χ4n) is 3.55. The highest BCUT2D eigenvalue weighted by atomic mass is 19.4. The van der Waals surface area contributed by atoms with Crippen LogP contribution in [0.15, 0.2) is 48.5 Å². The van der Waals surface area contributed by atoms with Crippen LogP contribution >= 0.6 is 0 Å². The number of carbonyl (C=O) groups is 2. The van der Waals surface area contributed by atoms with Gasteiger partial charge in [-0.1, -0.05) is 36.4 Å². The lowest BCUT2D eigenvalue weighted by molar-refractivity contribution is -0.137. The molecule has 3 rings (SSSR count). The van der Waals surface area contributed by atoms with Gasteiger partial charge >= 0.3 is 6.18 Å². The molecule has 0 radical (unpaired) electrons. The van der Waals surface area contributed by atoms with Gasteiger partial charge in [-0.3, -0.25) is 9.59 Å². The van der Waals surface area contributed by atoms with E-state index in [1.54, 1.807) is 4.90 Å². The minimum Gasteiger partial charge on any atom is -0.352 e. The summed E-state index contributed by atoms with van der Waals surface area (Å²) in [6.07, 6.45) is -3.62. The summed E-state index contributed by atoms with van der Waals surface area (Å²) in [6.45, 7) is 2.01. The van der Waals surface area contributed by atoms with Crippen LogP contribution < -0.4 is 5.32 Å². The molecule has 1 unspecified atom stereocenters. The number of nitrogens with zero attached hydrogens (tertiary/aromatic N) is 1. The van der Waals surface area contributed by atoms with Gasteiger partial charge in [0.25, 0.3) is 0 Å². The summed E-state index contributed by atoms with van der Waals surface area (Å²) in [5.74, 6) is -0.421. The summed E-state index contributed by atoms with van der Waals surface area (Å²) in [6, 6.07) is 12.2. The standard InChI is InChI=1S/C21H21F3N2O2/c1-14(27)26-10-9-16-6-2-3-8-18(16)19(26)12-20(28)25-13-15-5-4-7-17(11-15)21(22,23)24/h2-8,11,19H,9-10,12-13H2,1H3,(H,25,28). The lowest BCUT2D eigenvalue weighted by Gasteiger charge is -2.36. The summed E-state index contributed by atoms with van der Waals surface area (Å²) in [4.78, 5) is 26.1. The van der Waals surface area contributed by atoms with Crippen molar-refractivity contribution in [2.75, 3.05) is 6.54 Å². The molecule has 0 bridgehead atoms. The van der Waals surface area contributed by atoms with Gasteiger partial charge in [0.1, 0.15) is 0 Å². The fourth-order valence-corrected chi connectivity index (χ4v) is 3.55. The summed E-state index contributed by atoms with van der Waals surface area (Å²) in [7, 11) is 0. The number of nitrogens with one attached hydrogen (secondary N) is 1. The minimum atomic E-state index is -4.42. The zero-order valence-corrected chi connectivity index (χ0v) is 15.4. The van der Waals surface area contributed by atoms with Gasteiger partial charge in [0.05, 0.1) is 18.0 Å². The van der Waals surface area contributed by atoms with Gasteiger partial charge in [-0.25, -0.2) is 0 Å². The van der Waals surface area contributed by atoms with Crippen LogP contribution in [0.3, 0.4) is 0 Å². The Hall–Kier alpha value is -2.83. The van der Waals surface area contributed by atoms with Crippen molar-refractivity contribution >= 4 is 11.8 Å². The molecule has 1 aliphatic heterocycles. The highest BCUT2D eigenvalue weighted by Crippen LogP contribution is 2.32. The molecule has 2 aromatic rings. The van der Waals surface area contributed by atoms with Crippen LogP contribution in [-0.2, 0) is 28.7 Å². The van der Waals surface area contributed by atoms with E-state index in [1.807, 2.05) is 24.3 Å². The molecule has 2 amide bonds. The number of hydrogen-bond donors (Lipinski definition) is 1. The number of fused-ring (bicyclic) bond motifs is 1. The van der Waals surface area contributed by atoms with Crippen LogP contribution in [0.4, 0.5) is 13.2 Å². The Morgan fingerprint density at radius 1 is 1.14 bits per heavy atom. The molecule has 1 aliphatic rings. The summed E-state index contributed by atoms with van der Waals surface area (Å²) in [5, 5.41) is 2.67. The smallest absolute Gasteiger partial charge is 0.352 e. The molecule has 2 aromatic carbocycles. The Morgan fingerprint density at radius 3 is 2.61 bits per heavy atom. The van der Waals surface area contributed by atoms with Crippen molar-refractivity contribution in [2.24, 2.45) is 0 Å². The number of carbonyl (C=O) groups excluding carboxylic acids is 2. The largest absolute Gasteiger partial charge is 0.416 e. The highest BCUT2D eigenvalue weighted by Gasteiger charge is 2.31. The van der Waals surface area contributed by atoms with Crippen molar-refractivity contribution in [3.05, 3.63) is 70.8 Å². The van der Waals surface area contributed by atoms with Gasteiger partial charge < -0.3 is 10.2 Å².